The molecule has 0 heterocycles. The van der Waals surface area contributed by atoms with Gasteiger partial charge in [0.2, 0.25) is 0 Å². The van der Waals surface area contributed by atoms with Crippen LogP contribution in [0, 0.1) is 11.8 Å². The zero-order valence-electron chi connectivity index (χ0n) is 6.63. The molecule has 1 unspecified atom stereocenters. The van der Waals surface area contributed by atoms with Gasteiger partial charge in [0.05, 0.1) is 0 Å². The maximum atomic E-state index is 11.6. The molecule has 0 aromatic rings. The van der Waals surface area contributed by atoms with E-state index in [0.29, 0.717) is 6.42 Å². The van der Waals surface area contributed by atoms with Crippen LogP contribution in [0.15, 0.2) is 11.8 Å². The fourth-order valence-electron chi connectivity index (χ4n) is 1.26. The summed E-state index contributed by atoms with van der Waals surface area (Å²) < 4.78 is 11.6. The number of hydrogen-bond donors (Lipinski definition) is 0. The van der Waals surface area contributed by atoms with Crippen LogP contribution in [0.1, 0.15) is 20.3 Å². The summed E-state index contributed by atoms with van der Waals surface area (Å²) in [5.41, 5.74) is 0. The van der Waals surface area contributed by atoms with Crippen LogP contribution in [0.2, 0.25) is 0 Å². The average molecular weight is 158 g/mol. The van der Waals surface area contributed by atoms with Crippen LogP contribution in [0.5, 0.6) is 0 Å². The Morgan fingerprint density at radius 2 is 2.36 bits per heavy atom. The first-order valence-corrected chi connectivity index (χ1v) is 3.68. The second-order valence-corrected chi connectivity index (χ2v) is 3.14. The van der Waals surface area contributed by atoms with Crippen molar-refractivity contribution in [2.75, 3.05) is 0 Å². The van der Waals surface area contributed by atoms with Crippen molar-refractivity contribution in [3.05, 3.63) is 11.8 Å². The van der Waals surface area contributed by atoms with Gasteiger partial charge in [-0.1, -0.05) is 13.8 Å². The molecule has 62 valence electrons. The summed E-state index contributed by atoms with van der Waals surface area (Å²) >= 11 is 0. The van der Waals surface area contributed by atoms with Crippen LogP contribution in [0.4, 0.5) is 4.53 Å². The van der Waals surface area contributed by atoms with Gasteiger partial charge < -0.3 is 0 Å². The van der Waals surface area contributed by atoms with E-state index in [9.17, 15) is 9.32 Å². The van der Waals surface area contributed by atoms with Gasteiger partial charge in [-0.15, -0.1) is 0 Å². The number of carbonyl (C=O) groups is 1. The third-order valence-electron chi connectivity index (χ3n) is 1.99. The van der Waals surface area contributed by atoms with Crippen LogP contribution < -0.4 is 0 Å². The van der Waals surface area contributed by atoms with Gasteiger partial charge in [-0.25, -0.2) is 0 Å². The molecule has 1 aliphatic rings. The number of rotatable bonds is 2. The molecule has 0 aromatic heterocycles. The first kappa shape index (κ1) is 8.24. The molecule has 0 bridgehead atoms. The van der Waals surface area contributed by atoms with Crippen molar-refractivity contribution in [1.29, 1.82) is 0 Å². The van der Waals surface area contributed by atoms with E-state index >= 15 is 0 Å². The molecular weight excluding hydrogens is 147 g/mol. The van der Waals surface area contributed by atoms with Crippen LogP contribution in [0.3, 0.4) is 0 Å². The molecule has 2 nitrogen and oxygen atoms in total. The highest BCUT2D eigenvalue weighted by Gasteiger charge is 2.29. The zero-order chi connectivity index (χ0) is 8.43. The zero-order valence-corrected chi connectivity index (χ0v) is 6.63. The van der Waals surface area contributed by atoms with Crippen molar-refractivity contribution >= 4 is 5.78 Å². The summed E-state index contributed by atoms with van der Waals surface area (Å²) in [6, 6.07) is 0. The molecule has 1 rings (SSSR count). The van der Waals surface area contributed by atoms with Crippen molar-refractivity contribution < 1.29 is 14.3 Å². The van der Waals surface area contributed by atoms with Crippen molar-refractivity contribution in [3.8, 4) is 0 Å². The van der Waals surface area contributed by atoms with Gasteiger partial charge in [-0.3, -0.25) is 9.74 Å². The summed E-state index contributed by atoms with van der Waals surface area (Å²) in [6.07, 6.45) is 1.65. The van der Waals surface area contributed by atoms with Gasteiger partial charge in [0.15, 0.2) is 11.5 Å². The highest BCUT2D eigenvalue weighted by Crippen LogP contribution is 2.28. The largest absolute Gasteiger partial charge is 0.299 e. The highest BCUT2D eigenvalue weighted by molar-refractivity contribution is 5.94. The Morgan fingerprint density at radius 1 is 1.73 bits per heavy atom. The SMILES string of the molecule is CC(C)C1CC(OF)=CC1=O. The predicted octanol–water partition coefficient (Wildman–Crippen LogP) is 2.02. The molecule has 0 saturated carbocycles. The first-order chi connectivity index (χ1) is 5.15. The molecule has 0 spiro atoms. The van der Waals surface area contributed by atoms with E-state index < -0.39 is 0 Å². The van der Waals surface area contributed by atoms with Crippen LogP contribution in [-0.2, 0) is 9.74 Å². The van der Waals surface area contributed by atoms with E-state index in [1.807, 2.05) is 13.8 Å². The van der Waals surface area contributed by atoms with Crippen LogP contribution in [0.25, 0.3) is 0 Å². The number of halogens is 1. The summed E-state index contributed by atoms with van der Waals surface area (Å²) in [4.78, 5) is 14.6. The second-order valence-electron chi connectivity index (χ2n) is 3.14. The molecule has 0 aromatic carbocycles. The van der Waals surface area contributed by atoms with E-state index in [2.05, 4.69) is 4.94 Å². The lowest BCUT2D eigenvalue weighted by Crippen LogP contribution is -2.13. The Morgan fingerprint density at radius 3 is 2.64 bits per heavy atom. The van der Waals surface area contributed by atoms with Crippen LogP contribution >= 0.6 is 0 Å². The minimum absolute atomic E-state index is 0.0207. The monoisotopic (exact) mass is 158 g/mol. The molecule has 0 aliphatic heterocycles. The minimum atomic E-state index is -0.0826. The van der Waals surface area contributed by atoms with Gasteiger partial charge in [-0.2, -0.15) is 0 Å². The maximum absolute atomic E-state index is 11.6. The Labute approximate surface area is 64.9 Å². The summed E-state index contributed by atoms with van der Waals surface area (Å²) in [5, 5.41) is 0. The number of hydrogen-bond acceptors (Lipinski definition) is 2. The Balaban J connectivity index is 2.62. The Kier molecular flexibility index (Phi) is 2.27. The molecule has 0 amide bonds. The molecule has 0 saturated heterocycles. The topological polar surface area (TPSA) is 26.3 Å². The quantitative estimate of drug-likeness (QED) is 0.614. The number of carbonyl (C=O) groups excluding carboxylic acids is 1. The highest BCUT2D eigenvalue weighted by atomic mass is 19.3. The van der Waals surface area contributed by atoms with Crippen LogP contribution in [-0.4, -0.2) is 5.78 Å². The van der Waals surface area contributed by atoms with E-state index in [4.69, 9.17) is 0 Å². The van der Waals surface area contributed by atoms with Gasteiger partial charge in [0, 0.05) is 22.9 Å². The lowest BCUT2D eigenvalue weighted by atomic mass is 9.93. The summed E-state index contributed by atoms with van der Waals surface area (Å²) in [5.74, 6) is 0.313. The third kappa shape index (κ3) is 1.59. The third-order valence-corrected chi connectivity index (χ3v) is 1.99. The maximum Gasteiger partial charge on any atom is 0.162 e. The molecule has 1 aliphatic carbocycles. The normalized spacial score (nSPS) is 24.2. The molecule has 3 heteroatoms. The molecule has 11 heavy (non-hydrogen) atoms. The summed E-state index contributed by atoms with van der Waals surface area (Å²) in [6.45, 7) is 3.88. The van der Waals surface area contributed by atoms with E-state index in [1.165, 1.54) is 6.08 Å². The lowest BCUT2D eigenvalue weighted by Gasteiger charge is -2.10. The molecular formula is C8H11FO2. The lowest BCUT2D eigenvalue weighted by molar-refractivity contribution is -0.118. The van der Waals surface area contributed by atoms with E-state index in [-0.39, 0.29) is 23.4 Å². The fourth-order valence-corrected chi connectivity index (χ4v) is 1.26. The Bertz CT molecular complexity index is 196. The van der Waals surface area contributed by atoms with Crippen molar-refractivity contribution in [3.63, 3.8) is 0 Å². The van der Waals surface area contributed by atoms with Gasteiger partial charge in [0.25, 0.3) is 0 Å². The molecule has 0 fully saturated rings. The Hall–Kier alpha value is -0.860. The van der Waals surface area contributed by atoms with Gasteiger partial charge >= 0.3 is 0 Å². The van der Waals surface area contributed by atoms with Crippen molar-refractivity contribution in [1.82, 2.24) is 0 Å². The smallest absolute Gasteiger partial charge is 0.162 e. The molecule has 0 radical (unpaired) electrons. The van der Waals surface area contributed by atoms with Gasteiger partial charge in [-0.05, 0) is 5.92 Å². The molecule has 1 atom stereocenters. The summed E-state index contributed by atoms with van der Waals surface area (Å²) in [7, 11) is 0. The number of ketones is 1. The standard InChI is InChI=1S/C8H11FO2/c1-5(2)7-3-6(11-9)4-8(7)10/h4-5,7H,3H2,1-2H3. The minimum Gasteiger partial charge on any atom is -0.299 e. The average Bonchev–Trinajstić information content (AvgIpc) is 2.30. The van der Waals surface area contributed by atoms with E-state index in [0.717, 1.165) is 0 Å². The molecule has 0 N–H and O–H groups in total. The second kappa shape index (κ2) is 3.03. The van der Waals surface area contributed by atoms with Crippen molar-refractivity contribution in [2.24, 2.45) is 11.8 Å². The number of allylic oxidation sites excluding steroid dienone is 2. The van der Waals surface area contributed by atoms with Gasteiger partial charge in [0.1, 0.15) is 0 Å². The van der Waals surface area contributed by atoms with Crippen molar-refractivity contribution in [2.45, 2.75) is 20.3 Å². The van der Waals surface area contributed by atoms with E-state index in [1.54, 1.807) is 0 Å². The predicted molar refractivity (Wildman–Crippen MR) is 38.2 cm³/mol. The fraction of sp³-hybridized carbons (Fsp3) is 0.625. The first-order valence-electron chi connectivity index (χ1n) is 3.68.